The van der Waals surface area contributed by atoms with Crippen LogP contribution in [0.4, 0.5) is 5.95 Å². The summed E-state index contributed by atoms with van der Waals surface area (Å²) in [5.41, 5.74) is 4.37. The van der Waals surface area contributed by atoms with E-state index in [0.29, 0.717) is 0 Å². The molecule has 0 unspecified atom stereocenters. The summed E-state index contributed by atoms with van der Waals surface area (Å²) < 4.78 is 0. The summed E-state index contributed by atoms with van der Waals surface area (Å²) in [6.45, 7) is 6.53. The number of anilines is 1. The molecule has 4 heterocycles. The predicted octanol–water partition coefficient (Wildman–Crippen LogP) is 1.60. The highest BCUT2D eigenvalue weighted by atomic mass is 16.1. The van der Waals surface area contributed by atoms with Gasteiger partial charge in [0.2, 0.25) is 5.95 Å². The number of fused-ring (bicyclic) bond motifs is 2. The number of hydrogen-bond donors (Lipinski definition) is 2. The first kappa shape index (κ1) is 18.4. The summed E-state index contributed by atoms with van der Waals surface area (Å²) in [6, 6.07) is 8.69. The molecule has 0 spiro atoms. The summed E-state index contributed by atoms with van der Waals surface area (Å²) >= 11 is 0. The fraction of sp³-hybridized carbons (Fsp3) is 0.455. The van der Waals surface area contributed by atoms with Gasteiger partial charge in [-0.15, -0.1) is 0 Å². The number of hydrogen-bond acceptors (Lipinski definition) is 5. The van der Waals surface area contributed by atoms with Crippen molar-refractivity contribution in [3.05, 3.63) is 57.6 Å². The third-order valence-electron chi connectivity index (χ3n) is 6.26. The van der Waals surface area contributed by atoms with E-state index in [2.05, 4.69) is 56.0 Å². The van der Waals surface area contributed by atoms with E-state index in [-0.39, 0.29) is 5.56 Å². The fourth-order valence-corrected chi connectivity index (χ4v) is 4.43. The molecule has 1 aromatic carbocycles. The summed E-state index contributed by atoms with van der Waals surface area (Å²) in [5, 5.41) is 1.25. The van der Waals surface area contributed by atoms with E-state index >= 15 is 0 Å². The van der Waals surface area contributed by atoms with Crippen LogP contribution in [-0.2, 0) is 19.4 Å². The minimum Gasteiger partial charge on any atom is -0.361 e. The van der Waals surface area contributed by atoms with Crippen LogP contribution in [0, 0.1) is 0 Å². The molecule has 1 saturated heterocycles. The topological polar surface area (TPSA) is 71.3 Å². The minimum absolute atomic E-state index is 0.0412. The molecule has 29 heavy (non-hydrogen) atoms. The van der Waals surface area contributed by atoms with Crippen LogP contribution in [0.15, 0.2) is 35.3 Å². The van der Waals surface area contributed by atoms with Crippen molar-refractivity contribution in [1.29, 1.82) is 0 Å². The minimum atomic E-state index is 0.0412. The first-order valence-corrected chi connectivity index (χ1v) is 10.5. The molecule has 0 amide bonds. The molecule has 7 heteroatoms. The largest absolute Gasteiger partial charge is 0.361 e. The number of piperazine rings is 1. The van der Waals surface area contributed by atoms with E-state index in [1.54, 1.807) is 0 Å². The fourth-order valence-electron chi connectivity index (χ4n) is 4.43. The van der Waals surface area contributed by atoms with Crippen LogP contribution in [0.25, 0.3) is 10.9 Å². The summed E-state index contributed by atoms with van der Waals surface area (Å²) in [4.78, 5) is 30.9. The van der Waals surface area contributed by atoms with Crippen LogP contribution >= 0.6 is 0 Å². The van der Waals surface area contributed by atoms with Gasteiger partial charge >= 0.3 is 0 Å². The SMILES string of the molecule is CN1CCN(c2nc3c(c(=O)[nH]2)CCN(Cc2ccc4[nH]ccc4c2)CC3)CC1. The Bertz CT molecular complexity index is 1060. The van der Waals surface area contributed by atoms with Gasteiger partial charge in [-0.2, -0.15) is 0 Å². The molecule has 5 rings (SSSR count). The maximum Gasteiger partial charge on any atom is 0.255 e. The Morgan fingerprint density at radius 3 is 2.72 bits per heavy atom. The van der Waals surface area contributed by atoms with Crippen LogP contribution in [0.3, 0.4) is 0 Å². The quantitative estimate of drug-likeness (QED) is 0.709. The lowest BCUT2D eigenvalue weighted by molar-refractivity contribution is 0.279. The van der Waals surface area contributed by atoms with Gasteiger partial charge in [-0.3, -0.25) is 14.7 Å². The lowest BCUT2D eigenvalue weighted by atomic mass is 10.1. The van der Waals surface area contributed by atoms with Crippen molar-refractivity contribution >= 4 is 16.9 Å². The molecule has 0 atom stereocenters. The highest BCUT2D eigenvalue weighted by Crippen LogP contribution is 2.19. The number of aromatic nitrogens is 3. The van der Waals surface area contributed by atoms with Gasteiger partial charge in [-0.05, 0) is 42.6 Å². The lowest BCUT2D eigenvalue weighted by Crippen LogP contribution is -2.45. The molecule has 2 aliphatic heterocycles. The van der Waals surface area contributed by atoms with Crippen LogP contribution in [-0.4, -0.2) is 71.1 Å². The van der Waals surface area contributed by atoms with E-state index in [1.165, 1.54) is 16.5 Å². The molecule has 0 saturated carbocycles. The maximum absolute atomic E-state index is 12.8. The van der Waals surface area contributed by atoms with Gasteiger partial charge in [0.15, 0.2) is 0 Å². The smallest absolute Gasteiger partial charge is 0.255 e. The Kier molecular flexibility index (Phi) is 4.85. The molecule has 1 fully saturated rings. The third kappa shape index (κ3) is 3.80. The number of aromatic amines is 2. The zero-order valence-corrected chi connectivity index (χ0v) is 16.9. The Morgan fingerprint density at radius 1 is 1.03 bits per heavy atom. The van der Waals surface area contributed by atoms with Crippen LogP contribution < -0.4 is 10.5 Å². The van der Waals surface area contributed by atoms with Gasteiger partial charge in [0.1, 0.15) is 0 Å². The number of nitrogens with one attached hydrogen (secondary N) is 2. The number of nitrogens with zero attached hydrogens (tertiary/aromatic N) is 4. The third-order valence-corrected chi connectivity index (χ3v) is 6.26. The molecule has 0 aliphatic carbocycles. The Hall–Kier alpha value is -2.64. The van der Waals surface area contributed by atoms with Crippen molar-refractivity contribution in [3.63, 3.8) is 0 Å². The first-order chi connectivity index (χ1) is 14.2. The van der Waals surface area contributed by atoms with E-state index in [9.17, 15) is 4.79 Å². The zero-order valence-electron chi connectivity index (χ0n) is 16.9. The van der Waals surface area contributed by atoms with Crippen LogP contribution in [0.2, 0.25) is 0 Å². The maximum atomic E-state index is 12.8. The van der Waals surface area contributed by atoms with Crippen LogP contribution in [0.1, 0.15) is 16.8 Å². The highest BCUT2D eigenvalue weighted by molar-refractivity contribution is 5.79. The molecule has 0 bridgehead atoms. The molecule has 2 aromatic heterocycles. The summed E-state index contributed by atoms with van der Waals surface area (Å²) in [5.74, 6) is 0.744. The average molecular weight is 393 g/mol. The first-order valence-electron chi connectivity index (χ1n) is 10.5. The lowest BCUT2D eigenvalue weighted by Gasteiger charge is -2.32. The number of benzene rings is 1. The Balaban J connectivity index is 1.31. The molecular formula is C22H28N6O. The number of H-pyrrole nitrogens is 2. The van der Waals surface area contributed by atoms with E-state index in [0.717, 1.165) is 75.9 Å². The Morgan fingerprint density at radius 2 is 1.86 bits per heavy atom. The molecule has 2 aliphatic rings. The number of likely N-dealkylation sites (N-methyl/N-ethyl adjacent to an activating group) is 1. The zero-order chi connectivity index (χ0) is 19.8. The van der Waals surface area contributed by atoms with Crippen molar-refractivity contribution in [3.8, 4) is 0 Å². The molecule has 2 N–H and O–H groups in total. The average Bonchev–Trinajstić information content (AvgIpc) is 3.09. The molecule has 3 aromatic rings. The van der Waals surface area contributed by atoms with E-state index < -0.39 is 0 Å². The van der Waals surface area contributed by atoms with Crippen molar-refractivity contribution in [2.45, 2.75) is 19.4 Å². The molecule has 7 nitrogen and oxygen atoms in total. The molecular weight excluding hydrogens is 364 g/mol. The normalized spacial score (nSPS) is 18.7. The van der Waals surface area contributed by atoms with Crippen molar-refractivity contribution in [2.24, 2.45) is 0 Å². The summed E-state index contributed by atoms with van der Waals surface area (Å²) in [6.07, 6.45) is 3.56. The second-order valence-electron chi connectivity index (χ2n) is 8.28. The second kappa shape index (κ2) is 7.65. The predicted molar refractivity (Wildman–Crippen MR) is 116 cm³/mol. The molecule has 0 radical (unpaired) electrons. The Labute approximate surface area is 170 Å². The monoisotopic (exact) mass is 392 g/mol. The van der Waals surface area contributed by atoms with Crippen LogP contribution in [0.5, 0.6) is 0 Å². The van der Waals surface area contributed by atoms with Gasteiger partial charge in [0, 0.05) is 69.5 Å². The van der Waals surface area contributed by atoms with E-state index in [1.807, 2.05) is 6.20 Å². The number of rotatable bonds is 3. The van der Waals surface area contributed by atoms with Gasteiger partial charge in [-0.1, -0.05) is 6.07 Å². The van der Waals surface area contributed by atoms with Crippen molar-refractivity contribution in [2.75, 3.05) is 51.2 Å². The van der Waals surface area contributed by atoms with Crippen molar-refractivity contribution < 1.29 is 0 Å². The summed E-state index contributed by atoms with van der Waals surface area (Å²) in [7, 11) is 2.13. The van der Waals surface area contributed by atoms with E-state index in [4.69, 9.17) is 4.98 Å². The highest BCUT2D eigenvalue weighted by Gasteiger charge is 2.22. The standard InChI is InChI=1S/C22H28N6O/c1-26-10-12-28(13-11-26)22-24-20-6-9-27(8-5-18(20)21(29)25-22)15-16-2-3-19-17(14-16)4-7-23-19/h2-4,7,14,23H,5-6,8-13,15H2,1H3,(H,24,25,29). The van der Waals surface area contributed by atoms with Gasteiger partial charge in [0.05, 0.1) is 5.69 Å². The second-order valence-corrected chi connectivity index (χ2v) is 8.28. The van der Waals surface area contributed by atoms with Gasteiger partial charge < -0.3 is 14.8 Å². The van der Waals surface area contributed by atoms with Gasteiger partial charge in [0.25, 0.3) is 5.56 Å². The van der Waals surface area contributed by atoms with Crippen molar-refractivity contribution in [1.82, 2.24) is 24.8 Å². The molecule has 152 valence electrons. The van der Waals surface area contributed by atoms with Gasteiger partial charge in [-0.25, -0.2) is 4.98 Å².